The number of nitrogens with one attached hydrogen (secondary N) is 2. The highest BCUT2D eigenvalue weighted by Gasteiger charge is 2.14. The Hall–Kier alpha value is -1.65. The Morgan fingerprint density at radius 2 is 1.76 bits per heavy atom. The number of hydrogen-bond donors (Lipinski definition) is 2. The molecule has 2 heterocycles. The molecule has 2 rings (SSSR count). The molecule has 0 spiro atoms. The summed E-state index contributed by atoms with van der Waals surface area (Å²) in [5.74, 6) is -0.211. The van der Waals surface area contributed by atoms with Crippen LogP contribution in [0.3, 0.4) is 0 Å². The fourth-order valence-corrected chi connectivity index (χ4v) is 2.08. The molecule has 2 N–H and O–H groups in total. The number of halogens is 1. The van der Waals surface area contributed by atoms with E-state index in [0.717, 1.165) is 25.9 Å². The van der Waals surface area contributed by atoms with Gasteiger partial charge in [-0.05, 0) is 25.0 Å². The van der Waals surface area contributed by atoms with Gasteiger partial charge < -0.3 is 4.90 Å². The zero-order valence-electron chi connectivity index (χ0n) is 9.75. The fraction of sp³-hybridized carbons (Fsp3) is 0.500. The van der Waals surface area contributed by atoms with E-state index in [1.165, 1.54) is 35.7 Å². The van der Waals surface area contributed by atoms with Crippen molar-refractivity contribution in [1.29, 1.82) is 10.8 Å². The summed E-state index contributed by atoms with van der Waals surface area (Å²) >= 11 is 0. The first kappa shape index (κ1) is 11.8. The summed E-state index contributed by atoms with van der Waals surface area (Å²) in [5.41, 5.74) is 0.139. The zero-order valence-corrected chi connectivity index (χ0v) is 9.75. The maximum Gasteiger partial charge on any atom is 0.203 e. The molecule has 4 nitrogen and oxygen atoms in total. The quantitative estimate of drug-likeness (QED) is 0.523. The molecule has 0 unspecified atom stereocenters. The van der Waals surface area contributed by atoms with Gasteiger partial charge in [-0.2, -0.15) is 0 Å². The molecule has 1 saturated heterocycles. The average Bonchev–Trinajstić information content (AvgIpc) is 2.60. The second-order valence-electron chi connectivity index (χ2n) is 4.33. The van der Waals surface area contributed by atoms with Crippen LogP contribution < -0.4 is 5.49 Å². The Morgan fingerprint density at radius 3 is 2.41 bits per heavy atom. The first-order valence-electron chi connectivity index (χ1n) is 5.95. The highest BCUT2D eigenvalue weighted by atomic mass is 19.1. The summed E-state index contributed by atoms with van der Waals surface area (Å²) in [4.78, 5) is 1.92. The third-order valence-corrected chi connectivity index (χ3v) is 3.05. The van der Waals surface area contributed by atoms with Crippen LogP contribution in [0.25, 0.3) is 0 Å². The molecule has 1 aromatic rings. The van der Waals surface area contributed by atoms with Gasteiger partial charge in [-0.1, -0.05) is 12.8 Å². The van der Waals surface area contributed by atoms with Crippen molar-refractivity contribution in [3.05, 3.63) is 29.6 Å². The largest absolute Gasteiger partial charge is 0.342 e. The van der Waals surface area contributed by atoms with Crippen LogP contribution >= 0.6 is 0 Å². The van der Waals surface area contributed by atoms with Gasteiger partial charge in [0.1, 0.15) is 11.3 Å². The first-order valence-corrected chi connectivity index (χ1v) is 5.95. The lowest BCUT2D eigenvalue weighted by atomic mass is 10.2. The van der Waals surface area contributed by atoms with Gasteiger partial charge in [0.25, 0.3) is 0 Å². The monoisotopic (exact) mass is 236 g/mol. The van der Waals surface area contributed by atoms with Gasteiger partial charge >= 0.3 is 0 Å². The van der Waals surface area contributed by atoms with Gasteiger partial charge in [-0.3, -0.25) is 15.4 Å². The van der Waals surface area contributed by atoms with Gasteiger partial charge in [0.2, 0.25) is 5.96 Å². The van der Waals surface area contributed by atoms with Crippen LogP contribution in [-0.4, -0.2) is 28.5 Å². The Morgan fingerprint density at radius 1 is 1.12 bits per heavy atom. The minimum Gasteiger partial charge on any atom is -0.342 e. The molecule has 5 heteroatoms. The average molecular weight is 236 g/mol. The van der Waals surface area contributed by atoms with E-state index in [2.05, 4.69) is 0 Å². The van der Waals surface area contributed by atoms with E-state index in [1.54, 1.807) is 0 Å². The van der Waals surface area contributed by atoms with Gasteiger partial charge in [0, 0.05) is 19.3 Å². The maximum atomic E-state index is 13.1. The van der Waals surface area contributed by atoms with E-state index in [9.17, 15) is 4.39 Å². The molecule has 17 heavy (non-hydrogen) atoms. The molecule has 0 amide bonds. The van der Waals surface area contributed by atoms with Crippen molar-refractivity contribution < 1.29 is 4.39 Å². The molecule has 0 atom stereocenters. The summed E-state index contributed by atoms with van der Waals surface area (Å²) in [5, 5.41) is 15.8. The van der Waals surface area contributed by atoms with Crippen molar-refractivity contribution in [3.8, 4) is 0 Å². The Balaban J connectivity index is 2.23. The molecule has 0 bridgehead atoms. The lowest BCUT2D eigenvalue weighted by molar-refractivity contribution is 0.415. The van der Waals surface area contributed by atoms with Crippen molar-refractivity contribution in [2.45, 2.75) is 25.7 Å². The highest BCUT2D eigenvalue weighted by Crippen LogP contribution is 2.10. The number of aromatic nitrogens is 1. The van der Waals surface area contributed by atoms with Gasteiger partial charge in [-0.25, -0.2) is 4.39 Å². The minimum atomic E-state index is -0.416. The summed E-state index contributed by atoms with van der Waals surface area (Å²) in [6.45, 7) is 1.64. The van der Waals surface area contributed by atoms with E-state index in [-0.39, 0.29) is 11.4 Å². The Bertz CT molecular complexity index is 458. The van der Waals surface area contributed by atoms with Crippen molar-refractivity contribution in [3.63, 3.8) is 0 Å². The predicted molar refractivity (Wildman–Crippen MR) is 63.4 cm³/mol. The minimum absolute atomic E-state index is 0.139. The molecule has 1 aliphatic heterocycles. The summed E-state index contributed by atoms with van der Waals surface area (Å²) in [6, 6.07) is 2.62. The molecule has 1 fully saturated rings. The molecular weight excluding hydrogens is 219 g/mol. The standard InChI is InChI=1S/C12H17FN4/c13-10-5-6-11(14)17(9-10)12(15)16-7-3-1-2-4-8-16/h5-6,9,14-15H,1-4,7-8H2. The molecule has 0 aliphatic carbocycles. The van der Waals surface area contributed by atoms with Crippen molar-refractivity contribution in [2.24, 2.45) is 0 Å². The first-order chi connectivity index (χ1) is 8.18. The van der Waals surface area contributed by atoms with Crippen LogP contribution in [0, 0.1) is 16.6 Å². The fourth-order valence-electron chi connectivity index (χ4n) is 2.08. The third kappa shape index (κ3) is 2.72. The molecule has 1 aromatic heterocycles. The molecule has 0 aromatic carbocycles. The van der Waals surface area contributed by atoms with Crippen LogP contribution in [-0.2, 0) is 0 Å². The van der Waals surface area contributed by atoms with Crippen molar-refractivity contribution in [2.75, 3.05) is 13.1 Å². The lowest BCUT2D eigenvalue weighted by Crippen LogP contribution is -2.40. The van der Waals surface area contributed by atoms with Gasteiger partial charge in [0.15, 0.2) is 0 Å². The SMILES string of the molecule is N=C(N1CCCCCC1)n1cc(F)ccc1=N. The summed E-state index contributed by atoms with van der Waals surface area (Å²) < 4.78 is 14.4. The zero-order chi connectivity index (χ0) is 12.3. The molecule has 92 valence electrons. The second-order valence-corrected chi connectivity index (χ2v) is 4.33. The Labute approximate surface area is 99.7 Å². The molecule has 1 aliphatic rings. The number of likely N-dealkylation sites (tertiary alicyclic amines) is 1. The predicted octanol–water partition coefficient (Wildman–Crippen LogP) is 1.77. The second kappa shape index (κ2) is 5.12. The van der Waals surface area contributed by atoms with Crippen LogP contribution in [0.2, 0.25) is 0 Å². The van der Waals surface area contributed by atoms with E-state index < -0.39 is 5.82 Å². The molecule has 0 radical (unpaired) electrons. The van der Waals surface area contributed by atoms with Crippen molar-refractivity contribution in [1.82, 2.24) is 9.47 Å². The highest BCUT2D eigenvalue weighted by molar-refractivity contribution is 5.79. The number of nitrogens with zero attached hydrogens (tertiary/aromatic N) is 2. The van der Waals surface area contributed by atoms with E-state index in [4.69, 9.17) is 10.8 Å². The van der Waals surface area contributed by atoms with Gasteiger partial charge in [0.05, 0.1) is 0 Å². The summed E-state index contributed by atoms with van der Waals surface area (Å²) in [6.07, 6.45) is 5.70. The maximum absolute atomic E-state index is 13.1. The van der Waals surface area contributed by atoms with Crippen LogP contribution in [0.4, 0.5) is 4.39 Å². The normalized spacial score (nSPS) is 16.6. The third-order valence-electron chi connectivity index (χ3n) is 3.05. The van der Waals surface area contributed by atoms with Crippen LogP contribution in [0.5, 0.6) is 0 Å². The van der Waals surface area contributed by atoms with E-state index in [1.807, 2.05) is 4.90 Å². The van der Waals surface area contributed by atoms with Crippen LogP contribution in [0.1, 0.15) is 25.7 Å². The molecule has 0 saturated carbocycles. The topological polar surface area (TPSA) is 55.9 Å². The lowest BCUT2D eigenvalue weighted by Gasteiger charge is -2.24. The van der Waals surface area contributed by atoms with E-state index in [0.29, 0.717) is 0 Å². The van der Waals surface area contributed by atoms with Crippen molar-refractivity contribution >= 4 is 5.96 Å². The number of rotatable bonds is 0. The summed E-state index contributed by atoms with van der Waals surface area (Å²) in [7, 11) is 0. The van der Waals surface area contributed by atoms with Crippen LogP contribution in [0.15, 0.2) is 18.3 Å². The van der Waals surface area contributed by atoms with E-state index >= 15 is 0 Å². The number of hydrogen-bond acceptors (Lipinski definition) is 2. The smallest absolute Gasteiger partial charge is 0.203 e. The Kier molecular flexibility index (Phi) is 3.56. The molecular formula is C12H17FN4. The van der Waals surface area contributed by atoms with Gasteiger partial charge in [-0.15, -0.1) is 0 Å². The number of pyridine rings is 1.